The Morgan fingerprint density at radius 1 is 1.19 bits per heavy atom. The van der Waals surface area contributed by atoms with Gasteiger partial charge in [0.2, 0.25) is 0 Å². The molecule has 1 aromatic carbocycles. The molecule has 2 aromatic heterocycles. The van der Waals surface area contributed by atoms with E-state index in [0.29, 0.717) is 19.7 Å². The van der Waals surface area contributed by atoms with E-state index >= 15 is 0 Å². The number of aryl methyl sites for hydroxylation is 2. The Hall–Kier alpha value is -2.97. The van der Waals surface area contributed by atoms with Crippen molar-refractivity contribution in [3.8, 4) is 0 Å². The summed E-state index contributed by atoms with van der Waals surface area (Å²) in [5.74, 6) is 0.240. The highest BCUT2D eigenvalue weighted by Crippen LogP contribution is 2.33. The number of likely N-dealkylation sites (tertiary alicyclic amines) is 1. The second-order valence-corrected chi connectivity index (χ2v) is 10.3. The number of aliphatic carboxylic acids is 1. The molecule has 5 rings (SSSR count). The highest BCUT2D eigenvalue weighted by Gasteiger charge is 2.39. The predicted octanol–water partition coefficient (Wildman–Crippen LogP) is 4.61. The highest BCUT2D eigenvalue weighted by molar-refractivity contribution is 5.88. The lowest BCUT2D eigenvalue weighted by Gasteiger charge is -2.42. The molecule has 8 nitrogen and oxygen atoms in total. The van der Waals surface area contributed by atoms with E-state index in [1.54, 1.807) is 0 Å². The number of benzene rings is 1. The van der Waals surface area contributed by atoms with Crippen LogP contribution in [0.4, 0.5) is 5.82 Å². The van der Waals surface area contributed by atoms with Crippen molar-refractivity contribution >= 4 is 22.7 Å². The normalized spacial score (nSPS) is 17.1. The number of nitrogens with one attached hydrogen (secondary N) is 1. The number of carboxylic acid groups (broad SMARTS) is 1. The average molecular weight is 492 g/mol. The number of anilines is 1. The lowest BCUT2D eigenvalue weighted by molar-refractivity contribution is -0.150. The minimum atomic E-state index is -0.830. The molecule has 0 spiro atoms. The zero-order valence-electron chi connectivity index (χ0n) is 21.3. The second-order valence-electron chi connectivity index (χ2n) is 10.3. The molecule has 0 bridgehead atoms. The van der Waals surface area contributed by atoms with Gasteiger partial charge in [-0.1, -0.05) is 30.7 Å². The number of aromatic nitrogens is 3. The SMILES string of the molecule is CC(C)n1ncc2cccc(C(C(=O)O)N3CC(OCCCCCc4ccc5c(n4)NCCC5)C3)c21. The van der Waals surface area contributed by atoms with Crippen LogP contribution in [0.2, 0.25) is 0 Å². The number of rotatable bonds is 11. The third-order valence-corrected chi connectivity index (χ3v) is 7.29. The molecule has 0 radical (unpaired) electrons. The Morgan fingerprint density at radius 2 is 2.06 bits per heavy atom. The predicted molar refractivity (Wildman–Crippen MR) is 140 cm³/mol. The Kier molecular flexibility index (Phi) is 7.53. The fourth-order valence-corrected chi connectivity index (χ4v) is 5.36. The summed E-state index contributed by atoms with van der Waals surface area (Å²) in [7, 11) is 0. The summed E-state index contributed by atoms with van der Waals surface area (Å²) in [6.45, 7) is 7.13. The quantitative estimate of drug-likeness (QED) is 0.379. The number of carbonyl (C=O) groups is 1. The smallest absolute Gasteiger partial charge is 0.325 e. The molecule has 4 heterocycles. The molecule has 0 saturated carbocycles. The first-order chi connectivity index (χ1) is 17.5. The summed E-state index contributed by atoms with van der Waals surface area (Å²) in [4.78, 5) is 19.1. The Bertz CT molecular complexity index is 1200. The van der Waals surface area contributed by atoms with Crippen LogP contribution in [0.3, 0.4) is 0 Å². The first kappa shape index (κ1) is 24.7. The van der Waals surface area contributed by atoms with Crippen molar-refractivity contribution < 1.29 is 14.6 Å². The maximum absolute atomic E-state index is 12.3. The first-order valence-corrected chi connectivity index (χ1v) is 13.3. The molecule has 1 unspecified atom stereocenters. The zero-order chi connectivity index (χ0) is 25.1. The maximum atomic E-state index is 12.3. The molecular formula is C28H37N5O3. The van der Waals surface area contributed by atoms with Crippen LogP contribution < -0.4 is 5.32 Å². The number of unbranched alkanes of at least 4 members (excludes halogenated alkanes) is 2. The van der Waals surface area contributed by atoms with Gasteiger partial charge >= 0.3 is 5.97 Å². The number of pyridine rings is 1. The van der Waals surface area contributed by atoms with Crippen LogP contribution >= 0.6 is 0 Å². The molecule has 36 heavy (non-hydrogen) atoms. The van der Waals surface area contributed by atoms with Gasteiger partial charge in [0.15, 0.2) is 0 Å². The van der Waals surface area contributed by atoms with Gasteiger partial charge in [0, 0.05) is 48.9 Å². The second kappa shape index (κ2) is 11.0. The van der Waals surface area contributed by atoms with Crippen molar-refractivity contribution in [3.05, 3.63) is 53.3 Å². The summed E-state index contributed by atoms with van der Waals surface area (Å²) in [6, 6.07) is 9.68. The lowest BCUT2D eigenvalue weighted by Crippen LogP contribution is -2.55. The number of carboxylic acids is 1. The molecular weight excluding hydrogens is 454 g/mol. The summed E-state index contributed by atoms with van der Waals surface area (Å²) < 4.78 is 7.98. The van der Waals surface area contributed by atoms with Gasteiger partial charge in [-0.2, -0.15) is 5.10 Å². The van der Waals surface area contributed by atoms with Gasteiger partial charge in [-0.25, -0.2) is 4.98 Å². The van der Waals surface area contributed by atoms with E-state index in [0.717, 1.165) is 66.6 Å². The van der Waals surface area contributed by atoms with Crippen LogP contribution in [-0.2, 0) is 22.4 Å². The third-order valence-electron chi connectivity index (χ3n) is 7.29. The number of hydrogen-bond acceptors (Lipinski definition) is 6. The van der Waals surface area contributed by atoms with Crippen molar-refractivity contribution in [3.63, 3.8) is 0 Å². The average Bonchev–Trinajstić information content (AvgIpc) is 3.29. The van der Waals surface area contributed by atoms with Crippen LogP contribution in [0.5, 0.6) is 0 Å². The van der Waals surface area contributed by atoms with Crippen LogP contribution in [0, 0.1) is 0 Å². The van der Waals surface area contributed by atoms with Crippen molar-refractivity contribution in [1.29, 1.82) is 0 Å². The van der Waals surface area contributed by atoms with Gasteiger partial charge in [0.1, 0.15) is 11.9 Å². The highest BCUT2D eigenvalue weighted by atomic mass is 16.5. The number of para-hydroxylation sites is 1. The fraction of sp³-hybridized carbons (Fsp3) is 0.536. The van der Waals surface area contributed by atoms with Crippen LogP contribution in [0.25, 0.3) is 10.9 Å². The standard InChI is InChI=1S/C28H37N5O3/c1-19(2)33-25-21(16-30-33)8-6-11-24(25)26(28(34)35)32-17-23(18-32)36-15-5-3-4-10-22-13-12-20-9-7-14-29-27(20)31-22/h6,8,11-13,16,19,23,26H,3-5,7,9-10,14-15,17-18H2,1-2H3,(H,29,31)(H,34,35). The number of fused-ring (bicyclic) bond motifs is 2. The monoisotopic (exact) mass is 491 g/mol. The molecule has 8 heteroatoms. The molecule has 192 valence electrons. The van der Waals surface area contributed by atoms with E-state index in [1.807, 2.05) is 34.0 Å². The molecule has 1 fully saturated rings. The summed E-state index contributed by atoms with van der Waals surface area (Å²) in [5, 5.41) is 19.0. The topological polar surface area (TPSA) is 92.5 Å². The van der Waals surface area contributed by atoms with Crippen molar-refractivity contribution in [1.82, 2.24) is 19.7 Å². The van der Waals surface area contributed by atoms with E-state index in [4.69, 9.17) is 9.72 Å². The summed E-state index contributed by atoms with van der Waals surface area (Å²) >= 11 is 0. The minimum Gasteiger partial charge on any atom is -0.480 e. The molecule has 1 atom stereocenters. The molecule has 0 amide bonds. The van der Waals surface area contributed by atoms with Gasteiger partial charge in [-0.3, -0.25) is 14.4 Å². The molecule has 2 aliphatic rings. The lowest BCUT2D eigenvalue weighted by atomic mass is 9.98. The van der Waals surface area contributed by atoms with E-state index in [-0.39, 0.29) is 12.1 Å². The Morgan fingerprint density at radius 3 is 2.86 bits per heavy atom. The third kappa shape index (κ3) is 5.25. The van der Waals surface area contributed by atoms with E-state index in [2.05, 4.69) is 36.4 Å². The Labute approximate surface area is 212 Å². The van der Waals surface area contributed by atoms with Gasteiger partial charge in [0.05, 0.1) is 17.8 Å². The summed E-state index contributed by atoms with van der Waals surface area (Å²) in [5.41, 5.74) is 4.21. The van der Waals surface area contributed by atoms with Gasteiger partial charge < -0.3 is 15.2 Å². The van der Waals surface area contributed by atoms with Gasteiger partial charge in [-0.15, -0.1) is 0 Å². The first-order valence-electron chi connectivity index (χ1n) is 13.3. The number of nitrogens with zero attached hydrogens (tertiary/aromatic N) is 4. The zero-order valence-corrected chi connectivity index (χ0v) is 21.3. The van der Waals surface area contributed by atoms with Crippen LogP contribution in [0.1, 0.15) is 68.4 Å². The minimum absolute atomic E-state index is 0.0921. The van der Waals surface area contributed by atoms with E-state index in [1.165, 1.54) is 12.0 Å². The summed E-state index contributed by atoms with van der Waals surface area (Å²) in [6.07, 6.45) is 8.41. The molecule has 2 aliphatic heterocycles. The van der Waals surface area contributed by atoms with Crippen molar-refractivity contribution in [2.24, 2.45) is 0 Å². The van der Waals surface area contributed by atoms with E-state index < -0.39 is 12.0 Å². The fourth-order valence-electron chi connectivity index (χ4n) is 5.36. The van der Waals surface area contributed by atoms with Crippen LogP contribution in [-0.4, -0.2) is 63.1 Å². The number of ether oxygens (including phenoxy) is 1. The van der Waals surface area contributed by atoms with Gasteiger partial charge in [-0.05, 0) is 57.6 Å². The van der Waals surface area contributed by atoms with Crippen LogP contribution in [0.15, 0.2) is 36.5 Å². The Balaban J connectivity index is 1.07. The van der Waals surface area contributed by atoms with Gasteiger partial charge in [0.25, 0.3) is 0 Å². The molecule has 0 aliphatic carbocycles. The van der Waals surface area contributed by atoms with Crippen molar-refractivity contribution in [2.75, 3.05) is 31.6 Å². The maximum Gasteiger partial charge on any atom is 0.325 e. The molecule has 3 aromatic rings. The molecule has 1 saturated heterocycles. The van der Waals surface area contributed by atoms with Crippen molar-refractivity contribution in [2.45, 2.75) is 70.6 Å². The van der Waals surface area contributed by atoms with E-state index in [9.17, 15) is 9.90 Å². The molecule has 2 N–H and O–H groups in total. The largest absolute Gasteiger partial charge is 0.480 e. The number of hydrogen-bond donors (Lipinski definition) is 2.